The molecule has 0 aliphatic carbocycles. The van der Waals surface area contributed by atoms with Gasteiger partial charge in [0.25, 0.3) is 11.8 Å². The molecule has 186 valence electrons. The highest BCUT2D eigenvalue weighted by atomic mass is 16.5. The fourth-order valence-electron chi connectivity index (χ4n) is 5.01. The van der Waals surface area contributed by atoms with Gasteiger partial charge in [-0.25, -0.2) is 0 Å². The molecule has 2 saturated heterocycles. The van der Waals surface area contributed by atoms with Crippen molar-refractivity contribution in [3.63, 3.8) is 0 Å². The molecule has 0 bridgehead atoms. The fourth-order valence-corrected chi connectivity index (χ4v) is 5.01. The van der Waals surface area contributed by atoms with Crippen LogP contribution in [0.4, 0.5) is 11.4 Å². The van der Waals surface area contributed by atoms with E-state index in [2.05, 4.69) is 10.2 Å². The number of nitrogens with one attached hydrogen (secondary N) is 1. The lowest BCUT2D eigenvalue weighted by Gasteiger charge is -2.43. The van der Waals surface area contributed by atoms with Crippen molar-refractivity contribution in [3.05, 3.63) is 78.8 Å². The van der Waals surface area contributed by atoms with E-state index in [4.69, 9.17) is 9.15 Å². The summed E-state index contributed by atoms with van der Waals surface area (Å²) in [4.78, 5) is 44.8. The molecule has 3 amide bonds. The average molecular weight is 489 g/mol. The molecule has 1 spiro atoms. The number of anilines is 2. The molecule has 0 atom stereocenters. The zero-order valence-electron chi connectivity index (χ0n) is 20.1. The highest BCUT2D eigenvalue weighted by Crippen LogP contribution is 2.39. The van der Waals surface area contributed by atoms with Gasteiger partial charge in [0.2, 0.25) is 5.91 Å². The largest absolute Gasteiger partial charge is 0.497 e. The van der Waals surface area contributed by atoms with Crippen molar-refractivity contribution in [3.8, 4) is 5.75 Å². The van der Waals surface area contributed by atoms with Crippen LogP contribution in [0, 0.1) is 0 Å². The second-order valence-electron chi connectivity index (χ2n) is 8.99. The standard InChI is InChI=1S/C27H28N4O5/c1-35-22-11-9-20(10-12-22)28-24(32)18-30-19-31(21-6-3-2-4-7-21)27(26(30)34)13-15-29(16-14-27)25(33)23-8-5-17-36-23/h2-12,17H,13-16,18-19H2,1H3,(H,28,32). The predicted octanol–water partition coefficient (Wildman–Crippen LogP) is 3.21. The van der Waals surface area contributed by atoms with Crippen LogP contribution in [0.2, 0.25) is 0 Å². The van der Waals surface area contributed by atoms with E-state index >= 15 is 0 Å². The van der Waals surface area contributed by atoms with E-state index in [-0.39, 0.29) is 24.3 Å². The number of benzene rings is 2. The number of rotatable bonds is 6. The number of nitrogens with zero attached hydrogens (tertiary/aromatic N) is 3. The monoisotopic (exact) mass is 488 g/mol. The van der Waals surface area contributed by atoms with E-state index in [1.54, 1.807) is 53.3 Å². The minimum atomic E-state index is -0.818. The van der Waals surface area contributed by atoms with Crippen molar-refractivity contribution in [2.75, 3.05) is 43.6 Å². The van der Waals surface area contributed by atoms with Crippen molar-refractivity contribution in [2.45, 2.75) is 18.4 Å². The number of ether oxygens (including phenoxy) is 1. The molecule has 3 aromatic rings. The molecule has 5 rings (SSSR count). The Balaban J connectivity index is 1.32. The summed E-state index contributed by atoms with van der Waals surface area (Å²) < 4.78 is 10.4. The van der Waals surface area contributed by atoms with Gasteiger partial charge in [-0.15, -0.1) is 0 Å². The molecule has 1 aromatic heterocycles. The minimum Gasteiger partial charge on any atom is -0.497 e. The number of hydrogen-bond acceptors (Lipinski definition) is 6. The van der Waals surface area contributed by atoms with Crippen LogP contribution in [-0.4, -0.2) is 66.5 Å². The van der Waals surface area contributed by atoms with Crippen LogP contribution in [0.5, 0.6) is 5.75 Å². The zero-order valence-corrected chi connectivity index (χ0v) is 20.1. The second-order valence-corrected chi connectivity index (χ2v) is 8.99. The molecule has 0 unspecified atom stereocenters. The van der Waals surface area contributed by atoms with Gasteiger partial charge in [0.05, 0.1) is 20.0 Å². The lowest BCUT2D eigenvalue weighted by Crippen LogP contribution is -2.57. The summed E-state index contributed by atoms with van der Waals surface area (Å²) in [5, 5.41) is 2.85. The van der Waals surface area contributed by atoms with E-state index < -0.39 is 5.54 Å². The van der Waals surface area contributed by atoms with Crippen molar-refractivity contribution in [1.29, 1.82) is 0 Å². The average Bonchev–Trinajstić information content (AvgIpc) is 3.54. The number of carbonyl (C=O) groups excluding carboxylic acids is 3. The van der Waals surface area contributed by atoms with E-state index in [1.165, 1.54) is 6.26 Å². The molecule has 1 N–H and O–H groups in total. The summed E-state index contributed by atoms with van der Waals surface area (Å²) in [5.41, 5.74) is 0.725. The van der Waals surface area contributed by atoms with Crippen molar-refractivity contribution < 1.29 is 23.5 Å². The highest BCUT2D eigenvalue weighted by Gasteiger charge is 2.54. The van der Waals surface area contributed by atoms with Gasteiger partial charge in [-0.05, 0) is 61.4 Å². The lowest BCUT2D eigenvalue weighted by molar-refractivity contribution is -0.136. The predicted molar refractivity (Wildman–Crippen MR) is 134 cm³/mol. The summed E-state index contributed by atoms with van der Waals surface area (Å²) in [6, 6.07) is 20.1. The van der Waals surface area contributed by atoms with Gasteiger partial charge in [-0.2, -0.15) is 0 Å². The van der Waals surface area contributed by atoms with Crippen molar-refractivity contribution >= 4 is 29.1 Å². The van der Waals surface area contributed by atoms with Gasteiger partial charge in [0, 0.05) is 24.5 Å². The first kappa shape index (κ1) is 23.5. The summed E-state index contributed by atoms with van der Waals surface area (Å²) >= 11 is 0. The summed E-state index contributed by atoms with van der Waals surface area (Å²) in [5.74, 6) is 0.438. The summed E-state index contributed by atoms with van der Waals surface area (Å²) in [6.45, 7) is 1.07. The molecule has 0 saturated carbocycles. The number of piperidine rings is 1. The third-order valence-corrected chi connectivity index (χ3v) is 6.90. The smallest absolute Gasteiger partial charge is 0.289 e. The Labute approximate surface area is 209 Å². The highest BCUT2D eigenvalue weighted by molar-refractivity contribution is 5.99. The van der Waals surface area contributed by atoms with Crippen LogP contribution in [0.15, 0.2) is 77.4 Å². The van der Waals surface area contributed by atoms with Crippen LogP contribution < -0.4 is 15.0 Å². The number of amides is 3. The Morgan fingerprint density at radius 2 is 1.72 bits per heavy atom. The first-order valence-electron chi connectivity index (χ1n) is 11.9. The molecule has 2 aromatic carbocycles. The van der Waals surface area contributed by atoms with Gasteiger partial charge in [-0.3, -0.25) is 14.4 Å². The Morgan fingerprint density at radius 1 is 1.00 bits per heavy atom. The quantitative estimate of drug-likeness (QED) is 0.573. The zero-order chi connectivity index (χ0) is 25.1. The molecular weight excluding hydrogens is 460 g/mol. The third-order valence-electron chi connectivity index (χ3n) is 6.90. The lowest BCUT2D eigenvalue weighted by atomic mass is 9.85. The summed E-state index contributed by atoms with van der Waals surface area (Å²) in [7, 11) is 1.58. The maximum atomic E-state index is 13.8. The molecule has 2 aliphatic rings. The van der Waals surface area contributed by atoms with Gasteiger partial charge < -0.3 is 29.2 Å². The maximum Gasteiger partial charge on any atom is 0.289 e. The minimum absolute atomic E-state index is 0.0645. The SMILES string of the molecule is COc1ccc(NC(=O)CN2CN(c3ccccc3)C3(CCN(C(=O)c4ccco4)CC3)C2=O)cc1. The van der Waals surface area contributed by atoms with Crippen LogP contribution in [-0.2, 0) is 9.59 Å². The molecular formula is C27H28N4O5. The Bertz CT molecular complexity index is 1220. The van der Waals surface area contributed by atoms with Crippen LogP contribution in [0.1, 0.15) is 23.4 Å². The fraction of sp³-hybridized carbons (Fsp3) is 0.296. The van der Waals surface area contributed by atoms with Gasteiger partial charge in [-0.1, -0.05) is 18.2 Å². The Morgan fingerprint density at radius 3 is 2.36 bits per heavy atom. The van der Waals surface area contributed by atoms with E-state index in [0.717, 1.165) is 5.69 Å². The number of furan rings is 1. The molecule has 36 heavy (non-hydrogen) atoms. The number of para-hydroxylation sites is 1. The topological polar surface area (TPSA) is 95.3 Å². The molecule has 9 nitrogen and oxygen atoms in total. The molecule has 2 fully saturated rings. The number of carbonyl (C=O) groups is 3. The number of hydrogen-bond donors (Lipinski definition) is 1. The first-order chi connectivity index (χ1) is 17.5. The number of likely N-dealkylation sites (tertiary alicyclic amines) is 1. The maximum absolute atomic E-state index is 13.8. The molecule has 2 aliphatic heterocycles. The Kier molecular flexibility index (Phi) is 6.37. The molecule has 0 radical (unpaired) electrons. The summed E-state index contributed by atoms with van der Waals surface area (Å²) in [6.07, 6.45) is 2.40. The van der Waals surface area contributed by atoms with Gasteiger partial charge in [0.1, 0.15) is 17.8 Å². The van der Waals surface area contributed by atoms with Crippen LogP contribution in [0.25, 0.3) is 0 Å². The van der Waals surface area contributed by atoms with Crippen molar-refractivity contribution in [2.24, 2.45) is 0 Å². The van der Waals surface area contributed by atoms with Crippen LogP contribution >= 0.6 is 0 Å². The van der Waals surface area contributed by atoms with E-state index in [9.17, 15) is 14.4 Å². The Hall–Kier alpha value is -4.27. The number of methoxy groups -OCH3 is 1. The van der Waals surface area contributed by atoms with Crippen LogP contribution in [0.3, 0.4) is 0 Å². The van der Waals surface area contributed by atoms with E-state index in [0.29, 0.717) is 49.8 Å². The molecule has 9 heteroatoms. The normalized spacial score (nSPS) is 16.9. The molecule has 3 heterocycles. The second kappa shape index (κ2) is 9.77. The first-order valence-corrected chi connectivity index (χ1v) is 11.9. The van der Waals surface area contributed by atoms with Gasteiger partial charge >= 0.3 is 0 Å². The van der Waals surface area contributed by atoms with Crippen molar-refractivity contribution in [1.82, 2.24) is 9.80 Å². The van der Waals surface area contributed by atoms with E-state index in [1.807, 2.05) is 30.3 Å². The third kappa shape index (κ3) is 4.39. The van der Waals surface area contributed by atoms with Gasteiger partial charge in [0.15, 0.2) is 5.76 Å².